The zero-order valence-corrected chi connectivity index (χ0v) is 13.0. The highest BCUT2D eigenvalue weighted by Crippen LogP contribution is 2.33. The first-order valence-corrected chi connectivity index (χ1v) is 8.15. The van der Waals surface area contributed by atoms with Crippen LogP contribution in [0.5, 0.6) is 0 Å². The van der Waals surface area contributed by atoms with Crippen LogP contribution in [0.4, 0.5) is 0 Å². The molecule has 0 spiro atoms. The van der Waals surface area contributed by atoms with Gasteiger partial charge in [0, 0.05) is 18.8 Å². The third-order valence-electron chi connectivity index (χ3n) is 4.31. The lowest BCUT2D eigenvalue weighted by Gasteiger charge is -2.15. The van der Waals surface area contributed by atoms with Gasteiger partial charge in [-0.1, -0.05) is 38.3 Å². The topological polar surface area (TPSA) is 74.6 Å². The molecule has 4 nitrogen and oxygen atoms in total. The second kappa shape index (κ2) is 9.72. The first-order valence-electron chi connectivity index (χ1n) is 8.15. The van der Waals surface area contributed by atoms with Gasteiger partial charge < -0.3 is 10.2 Å². The Hall–Kier alpha value is -1.16. The molecule has 120 valence electrons. The molecule has 0 aromatic heterocycles. The fourth-order valence-corrected chi connectivity index (χ4v) is 2.94. The quantitative estimate of drug-likeness (QED) is 0.479. The smallest absolute Gasteiger partial charge is 0.303 e. The van der Waals surface area contributed by atoms with E-state index in [-0.39, 0.29) is 18.3 Å². The number of aliphatic carboxylic acids is 1. The Balaban J connectivity index is 2.28. The molecule has 3 unspecified atom stereocenters. The third kappa shape index (κ3) is 6.89. The van der Waals surface area contributed by atoms with Crippen LogP contribution in [0.1, 0.15) is 64.7 Å². The van der Waals surface area contributed by atoms with Crippen molar-refractivity contribution in [3.05, 3.63) is 12.2 Å². The number of Topliss-reactive ketones (excluding diaryl/α,β-unsaturated/α-hetero) is 1. The van der Waals surface area contributed by atoms with Gasteiger partial charge in [0.1, 0.15) is 5.78 Å². The van der Waals surface area contributed by atoms with Crippen LogP contribution < -0.4 is 0 Å². The summed E-state index contributed by atoms with van der Waals surface area (Å²) in [7, 11) is 0. The lowest BCUT2D eigenvalue weighted by molar-refractivity contribution is -0.137. The standard InChI is InChI=1S/C17H28O4/c1-2-14(18)11-9-13-10-12-16(19)15(13)7-5-3-4-6-8-17(20)21/h9,11,13-15,18H,2-8,10,12H2,1H3,(H,20,21). The van der Waals surface area contributed by atoms with E-state index in [0.717, 1.165) is 38.5 Å². The second-order valence-electron chi connectivity index (χ2n) is 5.98. The van der Waals surface area contributed by atoms with E-state index in [1.54, 1.807) is 0 Å². The number of hydrogen-bond acceptors (Lipinski definition) is 3. The number of carboxylic acids is 1. The predicted molar refractivity (Wildman–Crippen MR) is 82.0 cm³/mol. The first kappa shape index (κ1) is 17.9. The summed E-state index contributed by atoms with van der Waals surface area (Å²) in [6.07, 6.45) is 10.4. The molecule has 1 fully saturated rings. The fraction of sp³-hybridized carbons (Fsp3) is 0.765. The van der Waals surface area contributed by atoms with Crippen LogP contribution in [0.15, 0.2) is 12.2 Å². The number of hydrogen-bond donors (Lipinski definition) is 2. The van der Waals surface area contributed by atoms with Crippen LogP contribution in [-0.4, -0.2) is 28.1 Å². The normalized spacial score (nSPS) is 23.8. The highest BCUT2D eigenvalue weighted by molar-refractivity contribution is 5.83. The van der Waals surface area contributed by atoms with Gasteiger partial charge in [-0.25, -0.2) is 0 Å². The van der Waals surface area contributed by atoms with Crippen molar-refractivity contribution in [1.82, 2.24) is 0 Å². The fourth-order valence-electron chi connectivity index (χ4n) is 2.94. The number of carboxylic acid groups (broad SMARTS) is 1. The SMILES string of the molecule is CCC(O)C=CC1CCC(=O)C1CCCCCCC(=O)O. The molecule has 3 atom stereocenters. The van der Waals surface area contributed by atoms with E-state index in [1.807, 2.05) is 19.1 Å². The summed E-state index contributed by atoms with van der Waals surface area (Å²) in [6.45, 7) is 1.93. The maximum Gasteiger partial charge on any atom is 0.303 e. The number of carbonyl (C=O) groups is 2. The van der Waals surface area contributed by atoms with E-state index in [0.29, 0.717) is 18.6 Å². The van der Waals surface area contributed by atoms with E-state index in [4.69, 9.17) is 5.11 Å². The van der Waals surface area contributed by atoms with E-state index in [1.165, 1.54) is 0 Å². The number of aliphatic hydroxyl groups is 1. The number of unbranched alkanes of at least 4 members (excludes halogenated alkanes) is 3. The van der Waals surface area contributed by atoms with Crippen LogP contribution in [-0.2, 0) is 9.59 Å². The zero-order valence-electron chi connectivity index (χ0n) is 13.0. The average Bonchev–Trinajstić information content (AvgIpc) is 2.80. The van der Waals surface area contributed by atoms with Crippen molar-refractivity contribution in [3.63, 3.8) is 0 Å². The molecule has 1 rings (SSSR count). The average molecular weight is 296 g/mol. The van der Waals surface area contributed by atoms with Crippen LogP contribution in [0.25, 0.3) is 0 Å². The monoisotopic (exact) mass is 296 g/mol. The van der Waals surface area contributed by atoms with Gasteiger partial charge in [0.05, 0.1) is 6.10 Å². The largest absolute Gasteiger partial charge is 0.481 e. The minimum absolute atomic E-state index is 0.102. The first-order chi connectivity index (χ1) is 10.0. The van der Waals surface area contributed by atoms with Gasteiger partial charge in [0.15, 0.2) is 0 Å². The molecule has 1 aliphatic rings. The Morgan fingerprint density at radius 3 is 2.71 bits per heavy atom. The highest BCUT2D eigenvalue weighted by Gasteiger charge is 2.32. The number of carbonyl (C=O) groups excluding carboxylic acids is 1. The minimum Gasteiger partial charge on any atom is -0.481 e. The molecule has 0 aliphatic heterocycles. The van der Waals surface area contributed by atoms with E-state index in [9.17, 15) is 14.7 Å². The third-order valence-corrected chi connectivity index (χ3v) is 4.31. The molecule has 0 radical (unpaired) electrons. The molecule has 2 N–H and O–H groups in total. The molecule has 0 amide bonds. The van der Waals surface area contributed by atoms with Gasteiger partial charge in [-0.2, -0.15) is 0 Å². The Labute approximate surface area is 127 Å². The number of rotatable bonds is 10. The Bertz CT molecular complexity index is 362. The maximum atomic E-state index is 11.9. The summed E-state index contributed by atoms with van der Waals surface area (Å²) in [6, 6.07) is 0. The molecular formula is C17H28O4. The summed E-state index contributed by atoms with van der Waals surface area (Å²) in [4.78, 5) is 22.3. The van der Waals surface area contributed by atoms with Crippen molar-refractivity contribution in [2.75, 3.05) is 0 Å². The number of ketones is 1. The predicted octanol–water partition coefficient (Wildman–Crippen LogP) is 3.33. The van der Waals surface area contributed by atoms with Crippen molar-refractivity contribution < 1.29 is 19.8 Å². The van der Waals surface area contributed by atoms with Crippen LogP contribution >= 0.6 is 0 Å². The minimum atomic E-state index is -0.736. The molecule has 0 bridgehead atoms. The van der Waals surface area contributed by atoms with Gasteiger partial charge in [-0.3, -0.25) is 9.59 Å². The number of allylic oxidation sites excluding steroid dienone is 1. The molecule has 21 heavy (non-hydrogen) atoms. The van der Waals surface area contributed by atoms with Crippen molar-refractivity contribution in [2.45, 2.75) is 70.8 Å². The Morgan fingerprint density at radius 1 is 1.33 bits per heavy atom. The van der Waals surface area contributed by atoms with E-state index in [2.05, 4.69) is 0 Å². The summed E-state index contributed by atoms with van der Waals surface area (Å²) in [5.74, 6) is -0.00988. The molecule has 1 aliphatic carbocycles. The van der Waals surface area contributed by atoms with Crippen molar-refractivity contribution >= 4 is 11.8 Å². The summed E-state index contributed by atoms with van der Waals surface area (Å²) < 4.78 is 0. The van der Waals surface area contributed by atoms with Crippen LogP contribution in [0.3, 0.4) is 0 Å². The molecule has 0 saturated heterocycles. The van der Waals surface area contributed by atoms with Gasteiger partial charge in [-0.15, -0.1) is 0 Å². The number of aliphatic hydroxyl groups excluding tert-OH is 1. The van der Waals surface area contributed by atoms with Crippen LogP contribution in [0.2, 0.25) is 0 Å². The van der Waals surface area contributed by atoms with Gasteiger partial charge in [-0.05, 0) is 31.6 Å². The maximum absolute atomic E-state index is 11.9. The van der Waals surface area contributed by atoms with E-state index >= 15 is 0 Å². The Kier molecular flexibility index (Phi) is 8.28. The Morgan fingerprint density at radius 2 is 2.05 bits per heavy atom. The van der Waals surface area contributed by atoms with Crippen LogP contribution in [0, 0.1) is 11.8 Å². The van der Waals surface area contributed by atoms with Crippen molar-refractivity contribution in [2.24, 2.45) is 11.8 Å². The summed E-state index contributed by atoms with van der Waals surface area (Å²) in [5, 5.41) is 18.1. The van der Waals surface area contributed by atoms with Crippen molar-refractivity contribution in [1.29, 1.82) is 0 Å². The molecule has 0 heterocycles. The lowest BCUT2D eigenvalue weighted by atomic mass is 9.89. The van der Waals surface area contributed by atoms with Crippen molar-refractivity contribution in [3.8, 4) is 0 Å². The highest BCUT2D eigenvalue weighted by atomic mass is 16.4. The molecule has 0 aromatic carbocycles. The lowest BCUT2D eigenvalue weighted by Crippen LogP contribution is -2.14. The molecule has 1 saturated carbocycles. The summed E-state index contributed by atoms with van der Waals surface area (Å²) >= 11 is 0. The molecule has 4 heteroatoms. The van der Waals surface area contributed by atoms with Gasteiger partial charge >= 0.3 is 5.97 Å². The zero-order chi connectivity index (χ0) is 15.7. The van der Waals surface area contributed by atoms with Gasteiger partial charge in [0.25, 0.3) is 0 Å². The second-order valence-corrected chi connectivity index (χ2v) is 5.98. The van der Waals surface area contributed by atoms with E-state index < -0.39 is 12.1 Å². The molecular weight excluding hydrogens is 268 g/mol. The van der Waals surface area contributed by atoms with Gasteiger partial charge in [0.2, 0.25) is 0 Å². The summed E-state index contributed by atoms with van der Waals surface area (Å²) in [5.41, 5.74) is 0. The molecule has 0 aromatic rings.